The van der Waals surface area contributed by atoms with Gasteiger partial charge >= 0.3 is 0 Å². The van der Waals surface area contributed by atoms with Gasteiger partial charge in [-0.15, -0.1) is 11.6 Å². The van der Waals surface area contributed by atoms with Crippen molar-refractivity contribution in [1.82, 2.24) is 4.98 Å². The molecule has 0 saturated heterocycles. The van der Waals surface area contributed by atoms with Crippen molar-refractivity contribution in [3.05, 3.63) is 28.5 Å². The lowest BCUT2D eigenvalue weighted by atomic mass is 10.0. The highest BCUT2D eigenvalue weighted by Gasteiger charge is 2.20. The van der Waals surface area contributed by atoms with Crippen LogP contribution in [0.2, 0.25) is 5.02 Å². The molecule has 1 rings (SSSR count). The monoisotopic (exact) mass is 249 g/mol. The van der Waals surface area contributed by atoms with E-state index in [-0.39, 0.29) is 0 Å². The Morgan fingerprint density at radius 3 is 2.67 bits per heavy atom. The van der Waals surface area contributed by atoms with Gasteiger partial charge in [-0.05, 0) is 25.0 Å². The van der Waals surface area contributed by atoms with E-state index in [2.05, 4.69) is 4.98 Å². The van der Waals surface area contributed by atoms with E-state index in [1.807, 2.05) is 0 Å². The van der Waals surface area contributed by atoms with Gasteiger partial charge in [-0.25, -0.2) is 0 Å². The smallest absolute Gasteiger partial charge is 0.122 e. The van der Waals surface area contributed by atoms with Gasteiger partial charge in [0.05, 0.1) is 16.8 Å². The van der Waals surface area contributed by atoms with E-state index in [1.54, 1.807) is 13.0 Å². The van der Waals surface area contributed by atoms with Crippen LogP contribution in [0.3, 0.4) is 0 Å². The van der Waals surface area contributed by atoms with E-state index in [9.17, 15) is 10.2 Å². The molecule has 2 unspecified atom stereocenters. The molecule has 0 spiro atoms. The summed E-state index contributed by atoms with van der Waals surface area (Å²) in [5.74, 6) is 0.296. The fourth-order valence-electron chi connectivity index (χ4n) is 1.31. The summed E-state index contributed by atoms with van der Waals surface area (Å²) in [6.07, 6.45) is -0.136. The lowest BCUT2D eigenvalue weighted by Crippen LogP contribution is -2.20. The highest BCUT2D eigenvalue weighted by molar-refractivity contribution is 6.30. The van der Waals surface area contributed by atoms with Gasteiger partial charge in [0.15, 0.2) is 0 Å². The van der Waals surface area contributed by atoms with Gasteiger partial charge in [0.2, 0.25) is 0 Å². The lowest BCUT2D eigenvalue weighted by molar-refractivity contribution is 0.0140. The van der Waals surface area contributed by atoms with Crippen molar-refractivity contribution in [2.45, 2.75) is 25.6 Å². The zero-order valence-electron chi connectivity index (χ0n) is 8.32. The molecule has 0 bridgehead atoms. The number of hydrogen-bond acceptors (Lipinski definition) is 3. The van der Waals surface area contributed by atoms with E-state index >= 15 is 0 Å². The number of hydrogen-bond donors (Lipinski definition) is 2. The summed E-state index contributed by atoms with van der Waals surface area (Å²) >= 11 is 11.2. The van der Waals surface area contributed by atoms with Gasteiger partial charge in [-0.3, -0.25) is 4.98 Å². The molecule has 2 atom stereocenters. The number of aliphatic hydroxyl groups is 2. The standard InChI is InChI=1S/C10H13Cl2NO2/c1-6-4-7(12)5-13-9(6)10(15)8(14)2-3-11/h4-5,8,10,14-15H,2-3H2,1H3. The number of nitrogens with zero attached hydrogens (tertiary/aromatic N) is 1. The quantitative estimate of drug-likeness (QED) is 0.804. The second-order valence-electron chi connectivity index (χ2n) is 3.35. The Morgan fingerprint density at radius 1 is 1.47 bits per heavy atom. The zero-order valence-corrected chi connectivity index (χ0v) is 9.83. The molecule has 0 saturated carbocycles. The molecule has 84 valence electrons. The summed E-state index contributed by atoms with van der Waals surface area (Å²) in [7, 11) is 0. The topological polar surface area (TPSA) is 53.4 Å². The van der Waals surface area contributed by atoms with Gasteiger partial charge in [0.1, 0.15) is 6.10 Å². The van der Waals surface area contributed by atoms with Crippen LogP contribution in [0.15, 0.2) is 12.3 Å². The van der Waals surface area contributed by atoms with Gasteiger partial charge in [-0.2, -0.15) is 0 Å². The fourth-order valence-corrected chi connectivity index (χ4v) is 1.75. The number of rotatable bonds is 4. The van der Waals surface area contributed by atoms with Crippen molar-refractivity contribution >= 4 is 23.2 Å². The second-order valence-corrected chi connectivity index (χ2v) is 4.16. The third-order valence-electron chi connectivity index (χ3n) is 2.13. The van der Waals surface area contributed by atoms with Crippen LogP contribution in [0.5, 0.6) is 0 Å². The first-order valence-electron chi connectivity index (χ1n) is 4.60. The van der Waals surface area contributed by atoms with Crippen LogP contribution in [-0.4, -0.2) is 27.2 Å². The molecule has 3 nitrogen and oxygen atoms in total. The number of aromatic nitrogens is 1. The first-order chi connectivity index (χ1) is 7.06. The molecule has 0 amide bonds. The van der Waals surface area contributed by atoms with Crippen molar-refractivity contribution in [3.63, 3.8) is 0 Å². The summed E-state index contributed by atoms with van der Waals surface area (Å²) in [4.78, 5) is 4.00. The summed E-state index contributed by atoms with van der Waals surface area (Å²) in [6, 6.07) is 1.69. The van der Waals surface area contributed by atoms with Crippen molar-refractivity contribution in [2.75, 3.05) is 5.88 Å². The molecule has 0 aliphatic heterocycles. The molecule has 5 heteroatoms. The first kappa shape index (κ1) is 12.7. The van der Waals surface area contributed by atoms with E-state index < -0.39 is 12.2 Å². The predicted octanol–water partition coefficient (Wildman–Crippen LogP) is 2.07. The maximum Gasteiger partial charge on any atom is 0.122 e. The average Bonchev–Trinajstić information content (AvgIpc) is 2.17. The van der Waals surface area contributed by atoms with Crippen LogP contribution in [0, 0.1) is 6.92 Å². The number of aliphatic hydroxyl groups excluding tert-OH is 2. The van der Waals surface area contributed by atoms with Crippen molar-refractivity contribution in [3.8, 4) is 0 Å². The largest absolute Gasteiger partial charge is 0.390 e. The summed E-state index contributed by atoms with van der Waals surface area (Å²) in [5.41, 5.74) is 1.20. The maximum atomic E-state index is 9.78. The molecule has 0 aromatic carbocycles. The minimum atomic E-state index is -1.01. The summed E-state index contributed by atoms with van der Waals surface area (Å²) in [5, 5.41) is 19.8. The van der Waals surface area contributed by atoms with Gasteiger partial charge < -0.3 is 10.2 Å². The molecule has 0 radical (unpaired) electrons. The molecule has 0 fully saturated rings. The summed E-state index contributed by atoms with van der Waals surface area (Å²) < 4.78 is 0. The van der Waals surface area contributed by atoms with E-state index in [4.69, 9.17) is 23.2 Å². The third-order valence-corrected chi connectivity index (χ3v) is 2.56. The highest BCUT2D eigenvalue weighted by Crippen LogP contribution is 2.22. The van der Waals surface area contributed by atoms with Crippen LogP contribution < -0.4 is 0 Å². The van der Waals surface area contributed by atoms with E-state index in [1.165, 1.54) is 6.20 Å². The normalized spacial score (nSPS) is 15.0. The van der Waals surface area contributed by atoms with Crippen molar-refractivity contribution in [1.29, 1.82) is 0 Å². The van der Waals surface area contributed by atoms with Crippen molar-refractivity contribution < 1.29 is 10.2 Å². The predicted molar refractivity (Wildman–Crippen MR) is 60.3 cm³/mol. The Morgan fingerprint density at radius 2 is 2.13 bits per heavy atom. The molecule has 1 heterocycles. The average molecular weight is 250 g/mol. The van der Waals surface area contributed by atoms with Crippen molar-refractivity contribution in [2.24, 2.45) is 0 Å². The Kier molecular flexibility index (Phi) is 4.80. The van der Waals surface area contributed by atoms with Gasteiger partial charge in [0.25, 0.3) is 0 Å². The molecular formula is C10H13Cl2NO2. The Balaban J connectivity index is 2.86. The Bertz CT molecular complexity index is 333. The Labute approximate surface area is 98.7 Å². The SMILES string of the molecule is Cc1cc(Cl)cnc1C(O)C(O)CCCl. The fraction of sp³-hybridized carbons (Fsp3) is 0.500. The van der Waals surface area contributed by atoms with Crippen LogP contribution in [0.25, 0.3) is 0 Å². The zero-order chi connectivity index (χ0) is 11.4. The minimum absolute atomic E-state index is 0.296. The molecule has 15 heavy (non-hydrogen) atoms. The van der Waals surface area contributed by atoms with Crippen LogP contribution in [-0.2, 0) is 0 Å². The van der Waals surface area contributed by atoms with E-state index in [0.717, 1.165) is 5.56 Å². The van der Waals surface area contributed by atoms with E-state index in [0.29, 0.717) is 23.0 Å². The molecule has 1 aromatic rings. The Hall–Kier alpha value is -0.350. The van der Waals surface area contributed by atoms with Crippen LogP contribution >= 0.6 is 23.2 Å². The third kappa shape index (κ3) is 3.31. The number of alkyl halides is 1. The number of pyridine rings is 1. The molecule has 1 aromatic heterocycles. The molecule has 0 aliphatic carbocycles. The van der Waals surface area contributed by atoms with Crippen LogP contribution in [0.1, 0.15) is 23.8 Å². The minimum Gasteiger partial charge on any atom is -0.390 e. The lowest BCUT2D eigenvalue weighted by Gasteiger charge is -2.17. The summed E-state index contributed by atoms with van der Waals surface area (Å²) in [6.45, 7) is 1.78. The number of halogens is 2. The maximum absolute atomic E-state index is 9.78. The number of aryl methyl sites for hydroxylation is 1. The van der Waals surface area contributed by atoms with Crippen LogP contribution in [0.4, 0.5) is 0 Å². The molecule has 2 N–H and O–H groups in total. The first-order valence-corrected chi connectivity index (χ1v) is 5.51. The molecular weight excluding hydrogens is 237 g/mol. The van der Waals surface area contributed by atoms with Gasteiger partial charge in [-0.1, -0.05) is 11.6 Å². The van der Waals surface area contributed by atoms with Gasteiger partial charge in [0, 0.05) is 12.1 Å². The second kappa shape index (κ2) is 5.66. The highest BCUT2D eigenvalue weighted by atomic mass is 35.5. The molecule has 0 aliphatic rings.